The number of aromatic nitrogens is 4. The van der Waals surface area contributed by atoms with Gasteiger partial charge in [-0.1, -0.05) is 37.7 Å². The summed E-state index contributed by atoms with van der Waals surface area (Å²) in [5.74, 6) is 1.32. The van der Waals surface area contributed by atoms with Crippen LogP contribution in [0.25, 0.3) is 20.9 Å². The zero-order valence-corrected chi connectivity index (χ0v) is 19.3. The van der Waals surface area contributed by atoms with E-state index < -0.39 is 0 Å². The van der Waals surface area contributed by atoms with Gasteiger partial charge in [0.25, 0.3) is 0 Å². The fraction of sp³-hybridized carbons (Fsp3) is 0.273. The Morgan fingerprint density at radius 3 is 2.68 bits per heavy atom. The summed E-state index contributed by atoms with van der Waals surface area (Å²) in [6, 6.07) is 11.8. The maximum atomic E-state index is 12.4. The molecule has 3 aromatic heterocycles. The van der Waals surface area contributed by atoms with E-state index in [1.165, 1.54) is 28.7 Å². The number of rotatable bonds is 7. The molecule has 31 heavy (non-hydrogen) atoms. The number of benzene rings is 1. The first kappa shape index (κ1) is 21.3. The van der Waals surface area contributed by atoms with Crippen LogP contribution in [0.5, 0.6) is 0 Å². The van der Waals surface area contributed by atoms with Crippen LogP contribution in [0.4, 0.5) is 11.4 Å². The molecule has 1 aromatic carbocycles. The van der Waals surface area contributed by atoms with Crippen LogP contribution < -0.4 is 11.1 Å². The molecule has 0 fully saturated rings. The fourth-order valence-electron chi connectivity index (χ4n) is 3.24. The number of carbonyl (C=O) groups excluding carboxylic acids is 1. The Morgan fingerprint density at radius 2 is 2.00 bits per heavy atom. The number of nitrogens with zero attached hydrogens (tertiary/aromatic N) is 4. The van der Waals surface area contributed by atoms with Gasteiger partial charge in [-0.15, -0.1) is 21.5 Å². The van der Waals surface area contributed by atoms with Crippen LogP contribution in [-0.4, -0.2) is 31.4 Å². The van der Waals surface area contributed by atoms with E-state index in [-0.39, 0.29) is 11.7 Å². The molecule has 0 spiro atoms. The second-order valence-electron chi connectivity index (χ2n) is 7.36. The Labute approximate surface area is 189 Å². The number of nitrogen functional groups attached to an aromatic ring is 1. The molecule has 0 aliphatic rings. The van der Waals surface area contributed by atoms with Crippen LogP contribution >= 0.6 is 23.1 Å². The summed E-state index contributed by atoms with van der Waals surface area (Å²) < 4.78 is 1.98. The third-order valence-electron chi connectivity index (χ3n) is 4.93. The summed E-state index contributed by atoms with van der Waals surface area (Å²) in [7, 11) is 0. The van der Waals surface area contributed by atoms with Gasteiger partial charge in [0.1, 0.15) is 4.83 Å². The maximum Gasteiger partial charge on any atom is 0.234 e. The van der Waals surface area contributed by atoms with E-state index in [1.807, 2.05) is 47.9 Å². The second kappa shape index (κ2) is 9.07. The standard InChI is InChI=1S/C22H24N6OS2/c1-4-28-20(19-18(23)16-6-5-11-24-21(16)31-19)26-27-22(28)30-12-17(29)25-15-9-7-14(8-10-15)13(2)3/h5-11,13H,4,12,23H2,1-3H3,(H,25,29). The number of amides is 1. The Kier molecular flexibility index (Phi) is 6.24. The highest BCUT2D eigenvalue weighted by Crippen LogP contribution is 2.39. The lowest BCUT2D eigenvalue weighted by Crippen LogP contribution is -2.14. The van der Waals surface area contributed by atoms with Crippen molar-refractivity contribution < 1.29 is 4.79 Å². The van der Waals surface area contributed by atoms with Crippen LogP contribution in [-0.2, 0) is 11.3 Å². The Hall–Kier alpha value is -2.91. The number of thioether (sulfide) groups is 1. The van der Waals surface area contributed by atoms with E-state index in [2.05, 4.69) is 34.3 Å². The molecule has 4 aromatic rings. The largest absolute Gasteiger partial charge is 0.397 e. The number of carbonyl (C=O) groups is 1. The van der Waals surface area contributed by atoms with E-state index >= 15 is 0 Å². The van der Waals surface area contributed by atoms with Crippen molar-refractivity contribution in [2.45, 2.75) is 38.4 Å². The van der Waals surface area contributed by atoms with Gasteiger partial charge in [-0.3, -0.25) is 4.79 Å². The summed E-state index contributed by atoms with van der Waals surface area (Å²) in [4.78, 5) is 18.5. The van der Waals surface area contributed by atoms with Crippen molar-refractivity contribution in [3.63, 3.8) is 0 Å². The SMILES string of the molecule is CCn1c(SCC(=O)Nc2ccc(C(C)C)cc2)nnc1-c1sc2ncccc2c1N. The van der Waals surface area contributed by atoms with E-state index in [0.29, 0.717) is 29.1 Å². The number of anilines is 2. The minimum Gasteiger partial charge on any atom is -0.397 e. The number of fused-ring (bicyclic) bond motifs is 1. The molecular weight excluding hydrogens is 428 g/mol. The van der Waals surface area contributed by atoms with Crippen LogP contribution in [0.2, 0.25) is 0 Å². The van der Waals surface area contributed by atoms with Crippen LogP contribution in [0.1, 0.15) is 32.3 Å². The zero-order chi connectivity index (χ0) is 22.0. The lowest BCUT2D eigenvalue weighted by Gasteiger charge is -2.09. The first-order valence-electron chi connectivity index (χ1n) is 10.1. The number of nitrogens with two attached hydrogens (primary N) is 1. The van der Waals surface area contributed by atoms with Crippen molar-refractivity contribution in [1.82, 2.24) is 19.7 Å². The molecular formula is C22H24N6OS2. The Balaban J connectivity index is 1.47. The lowest BCUT2D eigenvalue weighted by molar-refractivity contribution is -0.113. The first-order chi connectivity index (χ1) is 15.0. The average Bonchev–Trinajstić information content (AvgIpc) is 3.33. The minimum absolute atomic E-state index is 0.0833. The fourth-order valence-corrected chi connectivity index (χ4v) is 5.10. The molecule has 3 N–H and O–H groups in total. The van der Waals surface area contributed by atoms with Crippen LogP contribution in [0.15, 0.2) is 47.8 Å². The van der Waals surface area contributed by atoms with Gasteiger partial charge in [0.15, 0.2) is 11.0 Å². The van der Waals surface area contributed by atoms with Crippen molar-refractivity contribution >= 4 is 50.6 Å². The van der Waals surface area contributed by atoms with Gasteiger partial charge in [0.2, 0.25) is 5.91 Å². The van der Waals surface area contributed by atoms with E-state index in [0.717, 1.165) is 20.8 Å². The highest BCUT2D eigenvalue weighted by atomic mass is 32.2. The molecule has 0 saturated carbocycles. The number of hydrogen-bond donors (Lipinski definition) is 2. The molecule has 160 valence electrons. The third-order valence-corrected chi connectivity index (χ3v) is 7.03. The van der Waals surface area contributed by atoms with Gasteiger partial charge in [0.05, 0.1) is 16.3 Å². The molecule has 9 heteroatoms. The van der Waals surface area contributed by atoms with E-state index in [9.17, 15) is 4.79 Å². The van der Waals surface area contributed by atoms with Gasteiger partial charge in [-0.2, -0.15) is 0 Å². The number of pyridine rings is 1. The monoisotopic (exact) mass is 452 g/mol. The van der Waals surface area contributed by atoms with Gasteiger partial charge in [0, 0.05) is 23.8 Å². The number of hydrogen-bond acceptors (Lipinski definition) is 7. The molecule has 0 bridgehead atoms. The Bertz CT molecular complexity index is 1210. The van der Waals surface area contributed by atoms with Crippen molar-refractivity contribution in [1.29, 1.82) is 0 Å². The molecule has 4 rings (SSSR count). The van der Waals surface area contributed by atoms with E-state index in [1.54, 1.807) is 6.20 Å². The van der Waals surface area contributed by atoms with Crippen LogP contribution in [0.3, 0.4) is 0 Å². The molecule has 0 aliphatic carbocycles. The summed E-state index contributed by atoms with van der Waals surface area (Å²) >= 11 is 2.86. The summed E-state index contributed by atoms with van der Waals surface area (Å²) in [6.45, 7) is 6.98. The molecule has 0 aliphatic heterocycles. The summed E-state index contributed by atoms with van der Waals surface area (Å²) in [5, 5.41) is 13.2. The molecule has 3 heterocycles. The highest BCUT2D eigenvalue weighted by Gasteiger charge is 2.20. The van der Waals surface area contributed by atoms with Crippen LogP contribution in [0, 0.1) is 0 Å². The van der Waals surface area contributed by atoms with Gasteiger partial charge in [-0.25, -0.2) is 4.98 Å². The maximum absolute atomic E-state index is 12.4. The van der Waals surface area contributed by atoms with Crippen molar-refractivity contribution in [3.05, 3.63) is 48.2 Å². The lowest BCUT2D eigenvalue weighted by atomic mass is 10.0. The van der Waals surface area contributed by atoms with Crippen molar-refractivity contribution in [2.75, 3.05) is 16.8 Å². The predicted molar refractivity (Wildman–Crippen MR) is 129 cm³/mol. The zero-order valence-electron chi connectivity index (χ0n) is 17.6. The Morgan fingerprint density at radius 1 is 1.23 bits per heavy atom. The van der Waals surface area contributed by atoms with Crippen molar-refractivity contribution in [3.8, 4) is 10.7 Å². The molecule has 0 saturated heterocycles. The molecule has 7 nitrogen and oxygen atoms in total. The van der Waals surface area contributed by atoms with Gasteiger partial charge >= 0.3 is 0 Å². The second-order valence-corrected chi connectivity index (χ2v) is 9.31. The summed E-state index contributed by atoms with van der Waals surface area (Å²) in [5.41, 5.74) is 9.05. The van der Waals surface area contributed by atoms with E-state index in [4.69, 9.17) is 5.73 Å². The quantitative estimate of drug-likeness (QED) is 0.382. The number of nitrogens with one attached hydrogen (secondary N) is 1. The number of thiophene rings is 1. The average molecular weight is 453 g/mol. The highest BCUT2D eigenvalue weighted by molar-refractivity contribution is 7.99. The molecule has 0 atom stereocenters. The smallest absolute Gasteiger partial charge is 0.234 e. The molecule has 0 unspecified atom stereocenters. The van der Waals surface area contributed by atoms with Gasteiger partial charge in [-0.05, 0) is 42.7 Å². The van der Waals surface area contributed by atoms with Gasteiger partial charge < -0.3 is 15.6 Å². The first-order valence-corrected chi connectivity index (χ1v) is 11.9. The third kappa shape index (κ3) is 4.42. The minimum atomic E-state index is -0.0833. The topological polar surface area (TPSA) is 98.7 Å². The molecule has 1 amide bonds. The normalized spacial score (nSPS) is 11.4. The predicted octanol–water partition coefficient (Wildman–Crippen LogP) is 5.01. The summed E-state index contributed by atoms with van der Waals surface area (Å²) in [6.07, 6.45) is 1.75. The molecule has 0 radical (unpaired) electrons. The van der Waals surface area contributed by atoms with Crippen molar-refractivity contribution in [2.24, 2.45) is 0 Å².